The third-order valence-electron chi connectivity index (χ3n) is 9.49. The number of phenols is 1. The van der Waals surface area contributed by atoms with Crippen LogP contribution in [-0.2, 0) is 38.3 Å². The zero-order chi connectivity index (χ0) is 36.2. The van der Waals surface area contributed by atoms with Gasteiger partial charge >= 0.3 is 0 Å². The third kappa shape index (κ3) is 7.71. The van der Waals surface area contributed by atoms with Crippen LogP contribution >= 0.6 is 0 Å². The van der Waals surface area contributed by atoms with Gasteiger partial charge in [-0.15, -0.1) is 28.8 Å². The van der Waals surface area contributed by atoms with E-state index in [9.17, 15) is 5.11 Å². The molecule has 0 amide bonds. The number of hydrogen-bond acceptors (Lipinski definition) is 3. The van der Waals surface area contributed by atoms with Crippen molar-refractivity contribution in [3.05, 3.63) is 114 Å². The summed E-state index contributed by atoms with van der Waals surface area (Å²) in [6.45, 7) is 25.6. The number of phenolic OH excluding ortho intramolecular Hbond substituents is 1. The Morgan fingerprint density at radius 3 is 1.98 bits per heavy atom. The van der Waals surface area contributed by atoms with Crippen LogP contribution in [0.15, 0.2) is 91.1 Å². The molecule has 4 nitrogen and oxygen atoms in total. The first-order valence-corrected chi connectivity index (χ1v) is 21.4. The average molecular weight is 874 g/mol. The van der Waals surface area contributed by atoms with E-state index in [-0.39, 0.29) is 37.6 Å². The van der Waals surface area contributed by atoms with Crippen molar-refractivity contribution in [1.82, 2.24) is 14.5 Å². The Hall–Kier alpha value is -3.79. The molecule has 0 bridgehead atoms. The van der Waals surface area contributed by atoms with Gasteiger partial charge in [-0.05, 0) is 58.7 Å². The number of nitrogens with zero attached hydrogens (tertiary/aromatic N) is 3. The number of para-hydroxylation sites is 3. The maximum absolute atomic E-state index is 11.0. The predicted molar refractivity (Wildman–Crippen MR) is 215 cm³/mol. The second-order valence-corrected chi connectivity index (χ2v) is 22.3. The summed E-state index contributed by atoms with van der Waals surface area (Å²) in [5, 5.41) is 12.5. The van der Waals surface area contributed by atoms with E-state index in [0.717, 1.165) is 45.5 Å². The van der Waals surface area contributed by atoms with Gasteiger partial charge in [-0.25, -0.2) is 4.98 Å². The van der Waals surface area contributed by atoms with E-state index < -0.39 is 8.07 Å². The van der Waals surface area contributed by atoms with Crippen LogP contribution in [0.5, 0.6) is 5.75 Å². The molecular formula is C45H52N3OPtSi-. The van der Waals surface area contributed by atoms with Crippen molar-refractivity contribution in [3.63, 3.8) is 0 Å². The molecule has 0 saturated carbocycles. The fourth-order valence-electron chi connectivity index (χ4n) is 7.05. The smallest absolute Gasteiger partial charge is 0.148 e. The number of imidazole rings is 1. The van der Waals surface area contributed by atoms with Gasteiger partial charge in [0.1, 0.15) is 11.6 Å². The average Bonchev–Trinajstić information content (AvgIpc) is 3.42. The minimum absolute atomic E-state index is 0. The molecule has 0 radical (unpaired) electrons. The topological polar surface area (TPSA) is 50.9 Å². The number of benzene rings is 4. The van der Waals surface area contributed by atoms with Gasteiger partial charge < -0.3 is 5.11 Å². The van der Waals surface area contributed by atoms with Gasteiger partial charge in [0, 0.05) is 38.6 Å². The predicted octanol–water partition coefficient (Wildman–Crippen LogP) is 11.3. The van der Waals surface area contributed by atoms with Crippen molar-refractivity contribution in [2.75, 3.05) is 0 Å². The third-order valence-corrected chi connectivity index (χ3v) is 11.6. The van der Waals surface area contributed by atoms with Crippen molar-refractivity contribution in [2.45, 2.75) is 92.3 Å². The number of fused-ring (bicyclic) bond motifs is 1. The summed E-state index contributed by atoms with van der Waals surface area (Å²) in [7, 11) is -1.61. The summed E-state index contributed by atoms with van der Waals surface area (Å²) in [6, 6.07) is 32.9. The SMILES string of the molecule is CC(C)Cc1cc(-c2[c-]c(-c3cccc4c3nc(-c3ccccc3O)n4-c3ccccc3)c(C(C)(C)C)cc2C(C)(C)C)ncc1[Si](C)(C)C.[Pt]. The van der Waals surface area contributed by atoms with Gasteiger partial charge in [0.15, 0.2) is 0 Å². The van der Waals surface area contributed by atoms with Crippen LogP contribution in [0.25, 0.3) is 50.5 Å². The van der Waals surface area contributed by atoms with Gasteiger partial charge in [0.05, 0.1) is 24.7 Å². The molecule has 6 heteroatoms. The summed E-state index contributed by atoms with van der Waals surface area (Å²) >= 11 is 0. The fraction of sp³-hybridized carbons (Fsp3) is 0.333. The van der Waals surface area contributed by atoms with Gasteiger partial charge in [0.2, 0.25) is 0 Å². The summed E-state index contributed by atoms with van der Waals surface area (Å²) in [5.41, 5.74) is 11.2. The van der Waals surface area contributed by atoms with E-state index in [4.69, 9.17) is 9.97 Å². The van der Waals surface area contributed by atoms with E-state index in [0.29, 0.717) is 17.3 Å². The molecule has 0 fully saturated rings. The first-order chi connectivity index (χ1) is 23.4. The van der Waals surface area contributed by atoms with Crippen LogP contribution in [0.4, 0.5) is 0 Å². The van der Waals surface area contributed by atoms with Crippen LogP contribution in [0.2, 0.25) is 19.6 Å². The second kappa shape index (κ2) is 14.3. The molecule has 6 rings (SSSR count). The summed E-state index contributed by atoms with van der Waals surface area (Å²) < 4.78 is 2.16. The first kappa shape index (κ1) is 38.4. The Morgan fingerprint density at radius 2 is 1.37 bits per heavy atom. The Morgan fingerprint density at radius 1 is 0.765 bits per heavy atom. The number of rotatable bonds is 7. The minimum Gasteiger partial charge on any atom is -0.507 e. The summed E-state index contributed by atoms with van der Waals surface area (Å²) in [6.07, 6.45) is 3.19. The number of aromatic nitrogens is 3. The normalized spacial score (nSPS) is 12.4. The van der Waals surface area contributed by atoms with Gasteiger partial charge in [0.25, 0.3) is 0 Å². The molecule has 0 aliphatic heterocycles. The van der Waals surface area contributed by atoms with E-state index in [1.807, 2.05) is 36.4 Å². The molecule has 2 heterocycles. The Kier molecular flexibility index (Phi) is 10.8. The maximum Gasteiger partial charge on any atom is 0.148 e. The van der Waals surface area contributed by atoms with Crippen molar-refractivity contribution < 1.29 is 26.2 Å². The maximum atomic E-state index is 11.0. The van der Waals surface area contributed by atoms with Crippen LogP contribution in [0.3, 0.4) is 0 Å². The standard InChI is InChI=1S/C45H52N3OSi.Pt/c1-29(2)24-30-25-38(46-28-41(30)50(9,10)11)35-26-34(36(44(3,4)5)27-37(35)45(6,7)8)32-21-17-22-39-42(32)47-43(33-20-15-16-23-40(33)49)48(39)31-18-13-12-14-19-31;/h12-23,25,27-29,49H,24H2,1-11H3;/q-1;. The second-order valence-electron chi connectivity index (χ2n) is 17.2. The van der Waals surface area contributed by atoms with Crippen LogP contribution in [0, 0.1) is 12.0 Å². The zero-order valence-corrected chi connectivity index (χ0v) is 35.3. The molecule has 268 valence electrons. The molecule has 2 aromatic heterocycles. The van der Waals surface area contributed by atoms with Gasteiger partial charge in [-0.3, -0.25) is 9.55 Å². The largest absolute Gasteiger partial charge is 0.507 e. The Bertz CT molecular complexity index is 2180. The van der Waals surface area contributed by atoms with Crippen LogP contribution in [-0.4, -0.2) is 27.7 Å². The van der Waals surface area contributed by atoms with Crippen molar-refractivity contribution >= 4 is 24.3 Å². The number of aromatic hydroxyl groups is 1. The molecule has 4 aromatic carbocycles. The van der Waals surface area contributed by atoms with Crippen molar-refractivity contribution in [3.8, 4) is 45.2 Å². The molecule has 0 aliphatic rings. The van der Waals surface area contributed by atoms with E-state index in [2.05, 4.69) is 134 Å². The summed E-state index contributed by atoms with van der Waals surface area (Å²) in [4.78, 5) is 10.6. The Balaban J connectivity index is 0.00000504. The number of hydrogen-bond donors (Lipinski definition) is 1. The van der Waals surface area contributed by atoms with Crippen molar-refractivity contribution in [2.24, 2.45) is 5.92 Å². The quantitative estimate of drug-likeness (QED) is 0.128. The molecule has 0 aliphatic carbocycles. The molecule has 0 unspecified atom stereocenters. The zero-order valence-electron chi connectivity index (χ0n) is 32.0. The molecule has 6 aromatic rings. The molecule has 0 atom stereocenters. The molecule has 0 spiro atoms. The summed E-state index contributed by atoms with van der Waals surface area (Å²) in [5.74, 6) is 1.44. The first-order valence-electron chi connectivity index (χ1n) is 17.9. The van der Waals surface area contributed by atoms with E-state index in [1.165, 1.54) is 21.9 Å². The minimum atomic E-state index is -1.61. The van der Waals surface area contributed by atoms with E-state index >= 15 is 0 Å². The van der Waals surface area contributed by atoms with Gasteiger partial charge in [-0.2, -0.15) is 0 Å². The molecule has 51 heavy (non-hydrogen) atoms. The molecule has 0 saturated heterocycles. The molecule has 1 N–H and O–H groups in total. The number of pyridine rings is 1. The molecular weight excluding hydrogens is 822 g/mol. The Labute approximate surface area is 320 Å². The van der Waals surface area contributed by atoms with E-state index in [1.54, 1.807) is 6.07 Å². The van der Waals surface area contributed by atoms with Gasteiger partial charge in [-0.1, -0.05) is 140 Å². The van der Waals surface area contributed by atoms with Crippen molar-refractivity contribution in [1.29, 1.82) is 0 Å². The van der Waals surface area contributed by atoms with Crippen LogP contribution < -0.4 is 5.19 Å². The fourth-order valence-corrected chi connectivity index (χ4v) is 8.64. The monoisotopic (exact) mass is 873 g/mol. The van der Waals surface area contributed by atoms with Crippen LogP contribution in [0.1, 0.15) is 72.1 Å².